The predicted octanol–water partition coefficient (Wildman–Crippen LogP) is 20.1. The minimum Gasteiger partial charge on any atom is -0.462 e. The van der Waals surface area contributed by atoms with Gasteiger partial charge in [0.2, 0.25) is 0 Å². The first kappa shape index (κ1) is 88.1. The molecule has 0 aliphatic heterocycles. The van der Waals surface area contributed by atoms with Crippen LogP contribution in [0.4, 0.5) is 0 Å². The van der Waals surface area contributed by atoms with Gasteiger partial charge in [-0.05, 0) is 49.4 Å². The van der Waals surface area contributed by atoms with Crippen LogP contribution in [0.1, 0.15) is 351 Å². The third kappa shape index (κ3) is 64.8. The van der Waals surface area contributed by atoms with Crippen LogP contribution < -0.4 is 0 Å². The fourth-order valence-corrected chi connectivity index (χ4v) is 12.2. The lowest BCUT2D eigenvalue weighted by atomic mass is 10.0. The van der Waals surface area contributed by atoms with Gasteiger partial charge in [0.1, 0.15) is 19.3 Å². The van der Waals surface area contributed by atoms with Gasteiger partial charge in [-0.3, -0.25) is 37.3 Å². The highest BCUT2D eigenvalue weighted by Crippen LogP contribution is 2.45. The molecule has 0 saturated carbocycles. The number of esters is 4. The van der Waals surface area contributed by atoms with Gasteiger partial charge in [-0.15, -0.1) is 0 Å². The van der Waals surface area contributed by atoms with Crippen molar-refractivity contribution >= 4 is 39.5 Å². The maximum absolute atomic E-state index is 13.0. The smallest absolute Gasteiger partial charge is 0.462 e. The molecule has 534 valence electrons. The number of aliphatic hydroxyl groups excluding tert-OH is 1. The van der Waals surface area contributed by atoms with Crippen LogP contribution in [0.3, 0.4) is 0 Å². The molecule has 0 amide bonds. The molecule has 0 aliphatic rings. The molecule has 0 spiro atoms. The Morgan fingerprint density at radius 1 is 0.278 bits per heavy atom. The van der Waals surface area contributed by atoms with Gasteiger partial charge in [-0.25, -0.2) is 9.13 Å². The highest BCUT2D eigenvalue weighted by atomic mass is 31.2. The molecule has 19 heteroatoms. The molecule has 0 aromatic heterocycles. The van der Waals surface area contributed by atoms with Crippen molar-refractivity contribution in [2.24, 2.45) is 23.7 Å². The number of ether oxygens (including phenoxy) is 4. The summed E-state index contributed by atoms with van der Waals surface area (Å²) in [5.41, 5.74) is 0. The van der Waals surface area contributed by atoms with Crippen molar-refractivity contribution in [2.75, 3.05) is 39.6 Å². The van der Waals surface area contributed by atoms with E-state index in [0.29, 0.717) is 31.6 Å². The fraction of sp³-hybridized carbons (Fsp3) is 0.944. The summed E-state index contributed by atoms with van der Waals surface area (Å²) in [6.45, 7) is 14.1. The third-order valence-electron chi connectivity index (χ3n) is 16.3. The average molecular weight is 1330 g/mol. The molecule has 0 rings (SSSR count). The molecule has 3 N–H and O–H groups in total. The molecular weight excluding hydrogens is 1190 g/mol. The van der Waals surface area contributed by atoms with Crippen molar-refractivity contribution in [1.29, 1.82) is 0 Å². The molecular formula is C71H138O17P2. The summed E-state index contributed by atoms with van der Waals surface area (Å²) in [6, 6.07) is 0. The summed E-state index contributed by atoms with van der Waals surface area (Å²) in [5.74, 6) is 0.831. The fourth-order valence-electron chi connectivity index (χ4n) is 10.7. The van der Waals surface area contributed by atoms with E-state index >= 15 is 0 Å². The summed E-state index contributed by atoms with van der Waals surface area (Å²) in [4.78, 5) is 72.6. The van der Waals surface area contributed by atoms with Gasteiger partial charge in [-0.2, -0.15) is 0 Å². The van der Waals surface area contributed by atoms with Crippen LogP contribution in [0.5, 0.6) is 0 Å². The average Bonchev–Trinajstić information content (AvgIpc) is 2.87. The first-order valence-corrected chi connectivity index (χ1v) is 39.7. The van der Waals surface area contributed by atoms with Gasteiger partial charge in [0.25, 0.3) is 0 Å². The molecule has 0 saturated heterocycles. The van der Waals surface area contributed by atoms with Crippen LogP contribution >= 0.6 is 15.6 Å². The Kier molecular flexibility index (Phi) is 59.4. The Bertz CT molecular complexity index is 1780. The SMILES string of the molecule is CC(C)CCCCCCCCCCCCCCCC(=O)O[C@H](COC(=O)CCCCCCCCCCCCC(C)C)COP(=O)(O)OC[C@@H](O)COP(=O)(O)OC[C@@H](COC(=O)CCCCCCCCC(C)C)OC(=O)CCCCCCCCCCCC(C)C. The van der Waals surface area contributed by atoms with Gasteiger partial charge < -0.3 is 33.8 Å². The first-order valence-electron chi connectivity index (χ1n) is 36.7. The van der Waals surface area contributed by atoms with Gasteiger partial charge in [0.15, 0.2) is 12.2 Å². The Morgan fingerprint density at radius 2 is 0.467 bits per heavy atom. The van der Waals surface area contributed by atoms with Crippen LogP contribution in [0.25, 0.3) is 0 Å². The van der Waals surface area contributed by atoms with Crippen molar-refractivity contribution in [1.82, 2.24) is 0 Å². The normalized spacial score (nSPS) is 14.3. The van der Waals surface area contributed by atoms with E-state index in [2.05, 4.69) is 55.4 Å². The highest BCUT2D eigenvalue weighted by molar-refractivity contribution is 7.47. The van der Waals surface area contributed by atoms with E-state index in [-0.39, 0.29) is 25.7 Å². The number of phosphoric acid groups is 2. The number of aliphatic hydroxyl groups is 1. The number of hydrogen-bond acceptors (Lipinski definition) is 15. The van der Waals surface area contributed by atoms with E-state index in [1.54, 1.807) is 0 Å². The van der Waals surface area contributed by atoms with Crippen molar-refractivity contribution in [3.63, 3.8) is 0 Å². The molecule has 0 heterocycles. The van der Waals surface area contributed by atoms with Gasteiger partial charge >= 0.3 is 39.5 Å². The van der Waals surface area contributed by atoms with E-state index < -0.39 is 97.5 Å². The van der Waals surface area contributed by atoms with E-state index in [4.69, 9.17) is 37.0 Å². The molecule has 0 bridgehead atoms. The lowest BCUT2D eigenvalue weighted by Crippen LogP contribution is -2.30. The second-order valence-corrected chi connectivity index (χ2v) is 30.4. The number of phosphoric ester groups is 2. The predicted molar refractivity (Wildman–Crippen MR) is 363 cm³/mol. The first-order chi connectivity index (χ1) is 43.1. The van der Waals surface area contributed by atoms with E-state index in [0.717, 1.165) is 114 Å². The Morgan fingerprint density at radius 3 is 0.689 bits per heavy atom. The second-order valence-electron chi connectivity index (χ2n) is 27.5. The topological polar surface area (TPSA) is 237 Å². The second kappa shape index (κ2) is 60.7. The zero-order valence-electron chi connectivity index (χ0n) is 58.8. The zero-order valence-corrected chi connectivity index (χ0v) is 60.6. The largest absolute Gasteiger partial charge is 0.472 e. The summed E-state index contributed by atoms with van der Waals surface area (Å²) in [7, 11) is -9.90. The van der Waals surface area contributed by atoms with E-state index in [1.807, 2.05) is 0 Å². The minimum atomic E-state index is -4.95. The Labute approximate surface area is 549 Å². The van der Waals surface area contributed by atoms with Gasteiger partial charge in [0.05, 0.1) is 26.4 Å². The van der Waals surface area contributed by atoms with Crippen molar-refractivity contribution < 1.29 is 80.2 Å². The summed E-state index contributed by atoms with van der Waals surface area (Å²) < 4.78 is 68.3. The zero-order chi connectivity index (χ0) is 66.8. The van der Waals surface area contributed by atoms with Crippen molar-refractivity contribution in [3.05, 3.63) is 0 Å². The summed E-state index contributed by atoms with van der Waals surface area (Å²) >= 11 is 0. The van der Waals surface area contributed by atoms with Crippen LogP contribution in [0.15, 0.2) is 0 Å². The van der Waals surface area contributed by atoms with Crippen LogP contribution in [0.2, 0.25) is 0 Å². The van der Waals surface area contributed by atoms with Crippen molar-refractivity contribution in [3.8, 4) is 0 Å². The number of unbranched alkanes of at least 4 members (excludes halogenated alkanes) is 34. The van der Waals surface area contributed by atoms with Crippen LogP contribution in [-0.2, 0) is 65.4 Å². The molecule has 0 aromatic carbocycles. The monoisotopic (exact) mass is 1320 g/mol. The molecule has 0 aromatic rings. The lowest BCUT2D eigenvalue weighted by molar-refractivity contribution is -0.161. The van der Waals surface area contributed by atoms with Gasteiger partial charge in [-0.1, -0.05) is 299 Å². The minimum absolute atomic E-state index is 0.104. The quantitative estimate of drug-likeness (QED) is 0.0222. The van der Waals surface area contributed by atoms with E-state index in [9.17, 15) is 43.2 Å². The lowest BCUT2D eigenvalue weighted by Gasteiger charge is -2.21. The number of rotatable bonds is 68. The molecule has 0 aliphatic carbocycles. The number of hydrogen-bond donors (Lipinski definition) is 3. The molecule has 17 nitrogen and oxygen atoms in total. The van der Waals surface area contributed by atoms with Gasteiger partial charge in [0, 0.05) is 25.7 Å². The maximum atomic E-state index is 13.0. The Hall–Kier alpha value is -1.94. The molecule has 2 unspecified atom stereocenters. The maximum Gasteiger partial charge on any atom is 0.472 e. The number of carbonyl (C=O) groups is 4. The van der Waals surface area contributed by atoms with Crippen LogP contribution in [0, 0.1) is 23.7 Å². The van der Waals surface area contributed by atoms with Crippen molar-refractivity contribution in [2.45, 2.75) is 369 Å². The standard InChI is InChI=1S/C71H138O17P2/c1-61(2)47-39-31-23-17-12-10-9-11-13-21-27-37-45-53-70(75)87-66(57-81-68(73)51-43-35-26-20-15-14-18-24-32-40-48-62(3)4)59-85-89(77,78)83-55-65(72)56-84-90(79,80)86-60-67(58-82-69(74)52-44-36-30-29-34-42-50-64(7)8)88-71(76)54-46-38-28-22-16-19-25-33-41-49-63(5)6/h61-67,72H,9-60H2,1-8H3,(H,77,78)(H,79,80)/t65-,66-,67-/m1/s1. The molecule has 90 heavy (non-hydrogen) atoms. The number of carbonyl (C=O) groups excluding carboxylic acids is 4. The summed E-state index contributed by atoms with van der Waals surface area (Å²) in [6.07, 6.45) is 43.2. The summed E-state index contributed by atoms with van der Waals surface area (Å²) in [5, 5.41) is 10.6. The van der Waals surface area contributed by atoms with E-state index in [1.165, 1.54) is 148 Å². The highest BCUT2D eigenvalue weighted by Gasteiger charge is 2.30. The Balaban J connectivity index is 5.25. The third-order valence-corrected chi connectivity index (χ3v) is 18.2. The molecule has 5 atom stereocenters. The van der Waals surface area contributed by atoms with Crippen LogP contribution in [-0.4, -0.2) is 96.7 Å². The molecule has 0 fully saturated rings. The molecule has 0 radical (unpaired) electrons.